The van der Waals surface area contributed by atoms with Crippen LogP contribution < -0.4 is 0 Å². The number of hydrogen-bond acceptors (Lipinski definition) is 2. The number of hydrogen-bond donors (Lipinski definition) is 2. The highest BCUT2D eigenvalue weighted by molar-refractivity contribution is 9.10. The first-order valence-corrected chi connectivity index (χ1v) is 6.00. The highest BCUT2D eigenvalue weighted by Crippen LogP contribution is 2.21. The Morgan fingerprint density at radius 3 is 2.88 bits per heavy atom. The van der Waals surface area contributed by atoms with E-state index in [9.17, 15) is 9.90 Å². The molecule has 0 aliphatic carbocycles. The van der Waals surface area contributed by atoms with Gasteiger partial charge < -0.3 is 14.8 Å². The molecule has 1 unspecified atom stereocenters. The standard InChI is InChI=1S/C12H12BrNO3/c13-9-1-2-11-8(5-9)3-4-14(11)7-10(15)6-12(16)17/h1-5,10,15H,6-7H2,(H,16,17). The average Bonchev–Trinajstić information content (AvgIpc) is 2.59. The van der Waals surface area contributed by atoms with Crippen molar-refractivity contribution in [2.75, 3.05) is 0 Å². The minimum absolute atomic E-state index is 0.240. The van der Waals surface area contributed by atoms with Gasteiger partial charge in [0.05, 0.1) is 12.5 Å². The SMILES string of the molecule is O=C(O)CC(O)Cn1ccc2cc(Br)ccc21. The van der Waals surface area contributed by atoms with Crippen molar-refractivity contribution in [3.05, 3.63) is 34.9 Å². The molecule has 0 spiro atoms. The highest BCUT2D eigenvalue weighted by Gasteiger charge is 2.11. The van der Waals surface area contributed by atoms with E-state index >= 15 is 0 Å². The summed E-state index contributed by atoms with van der Waals surface area (Å²) in [5.41, 5.74) is 0.984. The third-order valence-corrected chi connectivity index (χ3v) is 3.04. The van der Waals surface area contributed by atoms with Gasteiger partial charge in [0.25, 0.3) is 0 Å². The van der Waals surface area contributed by atoms with Crippen LogP contribution in [0.1, 0.15) is 6.42 Å². The third kappa shape index (κ3) is 2.87. The Hall–Kier alpha value is -1.33. The molecule has 1 aromatic heterocycles. The maximum atomic E-state index is 10.5. The number of fused-ring (bicyclic) bond motifs is 1. The maximum Gasteiger partial charge on any atom is 0.306 e. The Kier molecular flexibility index (Phi) is 3.49. The Balaban J connectivity index is 2.22. The second-order valence-corrected chi connectivity index (χ2v) is 4.84. The summed E-state index contributed by atoms with van der Waals surface area (Å²) in [6.07, 6.45) is 0.741. The molecule has 4 nitrogen and oxygen atoms in total. The summed E-state index contributed by atoms with van der Waals surface area (Å²) < 4.78 is 2.85. The van der Waals surface area contributed by atoms with Crippen molar-refractivity contribution in [3.63, 3.8) is 0 Å². The van der Waals surface area contributed by atoms with E-state index in [0.717, 1.165) is 15.4 Å². The number of carboxylic acids is 1. The molecule has 0 aliphatic heterocycles. The summed E-state index contributed by atoms with van der Waals surface area (Å²) in [5, 5.41) is 19.2. The summed E-state index contributed by atoms with van der Waals surface area (Å²) in [6.45, 7) is 0.289. The van der Waals surface area contributed by atoms with Gasteiger partial charge in [-0.05, 0) is 24.3 Å². The van der Waals surface area contributed by atoms with E-state index < -0.39 is 12.1 Å². The van der Waals surface area contributed by atoms with Gasteiger partial charge in [-0.1, -0.05) is 15.9 Å². The fourth-order valence-corrected chi connectivity index (χ4v) is 2.20. The van der Waals surface area contributed by atoms with Gasteiger partial charge in [-0.3, -0.25) is 4.79 Å². The fourth-order valence-electron chi connectivity index (χ4n) is 1.82. The van der Waals surface area contributed by atoms with Crippen molar-refractivity contribution in [1.29, 1.82) is 0 Å². The molecule has 0 fully saturated rings. The van der Waals surface area contributed by atoms with E-state index in [0.29, 0.717) is 0 Å². The van der Waals surface area contributed by atoms with Gasteiger partial charge in [0, 0.05) is 28.1 Å². The number of rotatable bonds is 4. The number of aliphatic hydroxyl groups is 1. The number of benzene rings is 1. The van der Waals surface area contributed by atoms with Crippen molar-refractivity contribution >= 4 is 32.8 Å². The molecule has 2 aromatic rings. The monoisotopic (exact) mass is 297 g/mol. The van der Waals surface area contributed by atoms with Crippen molar-refractivity contribution < 1.29 is 15.0 Å². The second-order valence-electron chi connectivity index (χ2n) is 3.92. The normalized spacial score (nSPS) is 12.8. The van der Waals surface area contributed by atoms with Crippen LogP contribution in [-0.4, -0.2) is 26.9 Å². The number of nitrogens with zero attached hydrogens (tertiary/aromatic N) is 1. The molecule has 2 rings (SSSR count). The predicted octanol–water partition coefficient (Wildman–Crippen LogP) is 2.24. The lowest BCUT2D eigenvalue weighted by atomic mass is 10.2. The van der Waals surface area contributed by atoms with Gasteiger partial charge in [-0.15, -0.1) is 0 Å². The summed E-state index contributed by atoms with van der Waals surface area (Å²) >= 11 is 3.39. The van der Waals surface area contributed by atoms with Gasteiger partial charge in [0.1, 0.15) is 0 Å². The molecule has 0 amide bonds. The van der Waals surface area contributed by atoms with Crippen LogP contribution in [0.2, 0.25) is 0 Å². The molecule has 2 N–H and O–H groups in total. The molecular weight excluding hydrogens is 286 g/mol. The maximum absolute atomic E-state index is 10.5. The van der Waals surface area contributed by atoms with Crippen LogP contribution in [0.3, 0.4) is 0 Å². The zero-order chi connectivity index (χ0) is 12.4. The molecule has 1 atom stereocenters. The molecule has 90 valence electrons. The van der Waals surface area contributed by atoms with E-state index in [1.807, 2.05) is 35.0 Å². The van der Waals surface area contributed by atoms with Gasteiger partial charge in [0.15, 0.2) is 0 Å². The van der Waals surface area contributed by atoms with Crippen LogP contribution >= 0.6 is 15.9 Å². The Labute approximate surface area is 107 Å². The molecule has 1 heterocycles. The quantitative estimate of drug-likeness (QED) is 0.910. The number of aromatic nitrogens is 1. The van der Waals surface area contributed by atoms with Crippen LogP contribution in [-0.2, 0) is 11.3 Å². The van der Waals surface area contributed by atoms with Gasteiger partial charge >= 0.3 is 5.97 Å². The minimum atomic E-state index is -0.989. The number of aliphatic hydroxyl groups excluding tert-OH is 1. The third-order valence-electron chi connectivity index (χ3n) is 2.55. The lowest BCUT2D eigenvalue weighted by Crippen LogP contribution is -2.19. The van der Waals surface area contributed by atoms with Crippen molar-refractivity contribution in [2.45, 2.75) is 19.1 Å². The Morgan fingerprint density at radius 2 is 2.18 bits per heavy atom. The van der Waals surface area contributed by atoms with E-state index in [4.69, 9.17) is 5.11 Å². The average molecular weight is 298 g/mol. The van der Waals surface area contributed by atoms with Crippen molar-refractivity contribution in [3.8, 4) is 0 Å². The van der Waals surface area contributed by atoms with Gasteiger partial charge in [-0.25, -0.2) is 0 Å². The topological polar surface area (TPSA) is 62.5 Å². The molecule has 1 aromatic carbocycles. The molecule has 5 heteroatoms. The first-order chi connectivity index (χ1) is 8.06. The summed E-state index contributed by atoms with van der Waals surface area (Å²) in [4.78, 5) is 10.5. The largest absolute Gasteiger partial charge is 0.481 e. The van der Waals surface area contributed by atoms with E-state index in [-0.39, 0.29) is 13.0 Å². The van der Waals surface area contributed by atoms with Gasteiger partial charge in [-0.2, -0.15) is 0 Å². The Bertz CT molecular complexity index is 550. The smallest absolute Gasteiger partial charge is 0.306 e. The van der Waals surface area contributed by atoms with Crippen LogP contribution in [0.4, 0.5) is 0 Å². The van der Waals surface area contributed by atoms with Crippen LogP contribution in [0.15, 0.2) is 34.9 Å². The van der Waals surface area contributed by atoms with E-state index in [2.05, 4.69) is 15.9 Å². The number of halogens is 1. The molecule has 0 bridgehead atoms. The molecule has 17 heavy (non-hydrogen) atoms. The zero-order valence-corrected chi connectivity index (χ0v) is 10.6. The van der Waals surface area contributed by atoms with E-state index in [1.165, 1.54) is 0 Å². The van der Waals surface area contributed by atoms with Crippen LogP contribution in [0, 0.1) is 0 Å². The van der Waals surface area contributed by atoms with Crippen LogP contribution in [0.5, 0.6) is 0 Å². The molecule has 0 aliphatic rings. The molecular formula is C12H12BrNO3. The minimum Gasteiger partial charge on any atom is -0.481 e. The van der Waals surface area contributed by atoms with Crippen molar-refractivity contribution in [2.24, 2.45) is 0 Å². The van der Waals surface area contributed by atoms with Crippen molar-refractivity contribution in [1.82, 2.24) is 4.57 Å². The fraction of sp³-hybridized carbons (Fsp3) is 0.250. The first kappa shape index (κ1) is 12.1. The number of aliphatic carboxylic acids is 1. The lowest BCUT2D eigenvalue weighted by Gasteiger charge is -2.10. The van der Waals surface area contributed by atoms with Crippen LogP contribution in [0.25, 0.3) is 10.9 Å². The number of carboxylic acid groups (broad SMARTS) is 1. The number of carbonyl (C=O) groups is 1. The summed E-state index contributed by atoms with van der Waals surface area (Å²) in [6, 6.07) is 7.78. The second kappa shape index (κ2) is 4.89. The zero-order valence-electron chi connectivity index (χ0n) is 9.01. The first-order valence-electron chi connectivity index (χ1n) is 5.20. The lowest BCUT2D eigenvalue weighted by molar-refractivity contribution is -0.139. The highest BCUT2D eigenvalue weighted by atomic mass is 79.9. The molecule has 0 radical (unpaired) electrons. The van der Waals surface area contributed by atoms with Gasteiger partial charge in [0.2, 0.25) is 0 Å². The summed E-state index contributed by atoms with van der Waals surface area (Å²) in [5.74, 6) is -0.989. The molecule has 0 saturated carbocycles. The summed E-state index contributed by atoms with van der Waals surface area (Å²) in [7, 11) is 0. The molecule has 0 saturated heterocycles. The predicted molar refractivity (Wildman–Crippen MR) is 67.9 cm³/mol. The Morgan fingerprint density at radius 1 is 1.41 bits per heavy atom. The van der Waals surface area contributed by atoms with E-state index in [1.54, 1.807) is 0 Å².